The molecule has 1 heterocycles. The molecule has 47 heavy (non-hydrogen) atoms. The summed E-state index contributed by atoms with van der Waals surface area (Å²) < 4.78 is 24.4. The molecular weight excluding hydrogens is 634 g/mol. The second-order valence-corrected chi connectivity index (χ2v) is 13.5. The zero-order valence-corrected chi connectivity index (χ0v) is 28.0. The lowest BCUT2D eigenvalue weighted by atomic mass is 9.84. The highest BCUT2D eigenvalue weighted by atomic mass is 35.5. The number of aryl methyl sites for hydroxylation is 1. The minimum atomic E-state index is -1.23. The van der Waals surface area contributed by atoms with E-state index >= 15 is 0 Å². The number of anilines is 1. The maximum absolute atomic E-state index is 14.1. The fourth-order valence-electron chi connectivity index (χ4n) is 5.82. The van der Waals surface area contributed by atoms with Crippen LogP contribution in [-0.2, 0) is 31.9 Å². The SMILES string of the molecule is COC(=O)NC(C(=O)Nc1ccccc1CC[C@@H]1CN[C@H](C)[C@@H](C[S+]([O-])c2ccc(Cl)cc2)O1)C(c1ccccc1)c1ccccc1. The van der Waals surface area contributed by atoms with Crippen LogP contribution in [0.3, 0.4) is 0 Å². The van der Waals surface area contributed by atoms with Crippen molar-refractivity contribution in [3.63, 3.8) is 0 Å². The minimum Gasteiger partial charge on any atom is -0.611 e. The molecular formula is C37H40ClN3O5S. The molecule has 1 aliphatic rings. The van der Waals surface area contributed by atoms with Crippen molar-refractivity contribution in [2.45, 2.75) is 54.9 Å². The number of hydrogen-bond acceptors (Lipinski definition) is 6. The third-order valence-corrected chi connectivity index (χ3v) is 10.1. The molecule has 0 aliphatic carbocycles. The second kappa shape index (κ2) is 16.8. The van der Waals surface area contributed by atoms with Crippen LogP contribution in [-0.4, -0.2) is 60.3 Å². The Hall–Kier alpha value is -3.86. The number of carbonyl (C=O) groups is 2. The van der Waals surface area contributed by atoms with Gasteiger partial charge in [-0.1, -0.05) is 90.5 Å². The highest BCUT2D eigenvalue weighted by Crippen LogP contribution is 2.30. The standard InChI is InChI=1S/C37H40ClN3O5S/c1-25-33(24-47(44)31-21-18-29(38)19-22-31)46-30(23-39-25)20-17-26-11-9-10-16-32(26)40-36(42)35(41-37(43)45-2)34(27-12-5-3-6-13-27)28-14-7-4-8-15-28/h3-16,18-19,21-22,25,30,33-35,39H,17,20,23-24H2,1-2H3,(H,40,42)(H,41,43)/t25-,30-,33-,35?,47?/m1/s1. The number of amides is 2. The van der Waals surface area contributed by atoms with Crippen LogP contribution in [0.1, 0.15) is 36.0 Å². The molecule has 2 amide bonds. The Morgan fingerprint density at radius 3 is 2.21 bits per heavy atom. The predicted molar refractivity (Wildman–Crippen MR) is 186 cm³/mol. The zero-order valence-electron chi connectivity index (χ0n) is 26.4. The van der Waals surface area contributed by atoms with Gasteiger partial charge < -0.3 is 30.0 Å². The van der Waals surface area contributed by atoms with Crippen LogP contribution in [0.25, 0.3) is 0 Å². The third kappa shape index (κ3) is 9.37. The molecule has 10 heteroatoms. The molecule has 0 saturated carbocycles. The molecule has 0 aromatic heterocycles. The van der Waals surface area contributed by atoms with E-state index in [4.69, 9.17) is 21.1 Å². The minimum absolute atomic E-state index is 0.0514. The highest BCUT2D eigenvalue weighted by molar-refractivity contribution is 7.91. The molecule has 0 bridgehead atoms. The van der Waals surface area contributed by atoms with Gasteiger partial charge in [0.25, 0.3) is 0 Å². The maximum atomic E-state index is 14.1. The van der Waals surface area contributed by atoms with E-state index in [2.05, 4.69) is 16.0 Å². The number of halogens is 1. The molecule has 0 radical (unpaired) electrons. The van der Waals surface area contributed by atoms with Gasteiger partial charge in [-0.05, 0) is 78.0 Å². The number of rotatable bonds is 12. The van der Waals surface area contributed by atoms with Crippen molar-refractivity contribution in [3.8, 4) is 0 Å². The average molecular weight is 674 g/mol. The van der Waals surface area contributed by atoms with Crippen molar-refractivity contribution in [2.75, 3.05) is 24.7 Å². The van der Waals surface area contributed by atoms with E-state index in [1.807, 2.05) is 91.9 Å². The van der Waals surface area contributed by atoms with Crippen LogP contribution in [0.5, 0.6) is 0 Å². The summed E-state index contributed by atoms with van der Waals surface area (Å²) in [6.07, 6.45) is 0.310. The van der Waals surface area contributed by atoms with Crippen molar-refractivity contribution in [2.24, 2.45) is 0 Å². The van der Waals surface area contributed by atoms with Gasteiger partial charge in [0.1, 0.15) is 17.9 Å². The summed E-state index contributed by atoms with van der Waals surface area (Å²) in [5.41, 5.74) is 3.36. The number of morpholine rings is 1. The lowest BCUT2D eigenvalue weighted by Crippen LogP contribution is -2.53. The van der Waals surface area contributed by atoms with Gasteiger partial charge in [0.2, 0.25) is 5.91 Å². The number of benzene rings is 4. The first-order valence-electron chi connectivity index (χ1n) is 15.7. The Morgan fingerprint density at radius 2 is 1.57 bits per heavy atom. The van der Waals surface area contributed by atoms with Gasteiger partial charge in [-0.2, -0.15) is 0 Å². The van der Waals surface area contributed by atoms with Gasteiger partial charge in [0.15, 0.2) is 4.90 Å². The third-order valence-electron chi connectivity index (χ3n) is 8.39. The Bertz CT molecular complexity index is 1560. The summed E-state index contributed by atoms with van der Waals surface area (Å²) in [5.74, 6) is -0.463. The maximum Gasteiger partial charge on any atom is 0.407 e. The van der Waals surface area contributed by atoms with E-state index in [-0.39, 0.29) is 24.2 Å². The number of nitrogens with one attached hydrogen (secondary N) is 3. The molecule has 4 aromatic rings. The summed E-state index contributed by atoms with van der Waals surface area (Å²) in [6.45, 7) is 2.71. The molecule has 246 valence electrons. The van der Waals surface area contributed by atoms with E-state index in [0.29, 0.717) is 35.8 Å². The van der Waals surface area contributed by atoms with Crippen LogP contribution < -0.4 is 16.0 Å². The van der Waals surface area contributed by atoms with Crippen molar-refractivity contribution < 1.29 is 23.6 Å². The number of hydrogen-bond donors (Lipinski definition) is 3. The lowest BCUT2D eigenvalue weighted by Gasteiger charge is -2.35. The Labute approximate surface area is 284 Å². The van der Waals surface area contributed by atoms with E-state index in [1.54, 1.807) is 24.3 Å². The molecule has 5 rings (SSSR count). The van der Waals surface area contributed by atoms with Gasteiger partial charge in [-0.3, -0.25) is 4.79 Å². The Balaban J connectivity index is 1.29. The summed E-state index contributed by atoms with van der Waals surface area (Å²) in [5, 5.41) is 10.0. The first kappa shape index (κ1) is 34.5. The monoisotopic (exact) mass is 673 g/mol. The Kier molecular flexibility index (Phi) is 12.3. The van der Waals surface area contributed by atoms with Gasteiger partial charge in [-0.15, -0.1) is 0 Å². The summed E-state index contributed by atoms with van der Waals surface area (Å²) in [4.78, 5) is 27.3. The molecule has 1 saturated heterocycles. The summed E-state index contributed by atoms with van der Waals surface area (Å²) >= 11 is 4.78. The lowest BCUT2D eigenvalue weighted by molar-refractivity contribution is -0.118. The molecule has 4 aromatic carbocycles. The van der Waals surface area contributed by atoms with Crippen LogP contribution >= 0.6 is 11.6 Å². The first-order valence-corrected chi connectivity index (χ1v) is 17.4. The molecule has 1 fully saturated rings. The predicted octanol–water partition coefficient (Wildman–Crippen LogP) is 6.32. The fraction of sp³-hybridized carbons (Fsp3) is 0.297. The number of ether oxygens (including phenoxy) is 2. The van der Waals surface area contributed by atoms with Crippen LogP contribution in [0.4, 0.5) is 10.5 Å². The molecule has 1 aliphatic heterocycles. The van der Waals surface area contributed by atoms with Crippen LogP contribution in [0.2, 0.25) is 5.02 Å². The van der Waals surface area contributed by atoms with Crippen molar-refractivity contribution in [1.29, 1.82) is 0 Å². The Morgan fingerprint density at radius 1 is 0.957 bits per heavy atom. The van der Waals surface area contributed by atoms with Gasteiger partial charge in [-0.25, -0.2) is 4.79 Å². The van der Waals surface area contributed by atoms with Gasteiger partial charge >= 0.3 is 6.09 Å². The number of alkyl carbamates (subject to hydrolysis) is 1. The van der Waals surface area contributed by atoms with Crippen molar-refractivity contribution in [3.05, 3.63) is 131 Å². The van der Waals surface area contributed by atoms with Gasteiger partial charge in [0.05, 0.1) is 13.2 Å². The molecule has 5 atom stereocenters. The molecule has 8 nitrogen and oxygen atoms in total. The second-order valence-electron chi connectivity index (χ2n) is 11.6. The van der Waals surface area contributed by atoms with E-state index in [9.17, 15) is 14.1 Å². The molecule has 3 N–H and O–H groups in total. The van der Waals surface area contributed by atoms with Crippen LogP contribution in [0.15, 0.2) is 114 Å². The topological polar surface area (TPSA) is 112 Å². The summed E-state index contributed by atoms with van der Waals surface area (Å²) in [6, 6.07) is 33.1. The first-order chi connectivity index (χ1) is 22.8. The number of para-hydroxylation sites is 1. The normalized spacial score (nSPS) is 19.0. The van der Waals surface area contributed by atoms with Crippen molar-refractivity contribution in [1.82, 2.24) is 10.6 Å². The van der Waals surface area contributed by atoms with E-state index < -0.39 is 29.2 Å². The highest BCUT2D eigenvalue weighted by Gasteiger charge is 2.34. The van der Waals surface area contributed by atoms with Gasteiger partial charge in [0, 0.05) is 29.2 Å². The molecule has 2 unspecified atom stereocenters. The fourth-order valence-corrected chi connectivity index (χ4v) is 7.24. The summed E-state index contributed by atoms with van der Waals surface area (Å²) in [7, 11) is 1.28. The smallest absolute Gasteiger partial charge is 0.407 e. The molecule has 0 spiro atoms. The van der Waals surface area contributed by atoms with Crippen molar-refractivity contribution >= 4 is 40.5 Å². The quantitative estimate of drug-likeness (QED) is 0.152. The van der Waals surface area contributed by atoms with E-state index in [1.165, 1.54) is 7.11 Å². The van der Waals surface area contributed by atoms with Crippen LogP contribution in [0, 0.1) is 0 Å². The average Bonchev–Trinajstić information content (AvgIpc) is 3.10. The zero-order chi connectivity index (χ0) is 33.2. The number of carbonyl (C=O) groups excluding carboxylic acids is 2. The van der Waals surface area contributed by atoms with E-state index in [0.717, 1.165) is 21.6 Å². The number of methoxy groups -OCH3 is 1. The largest absolute Gasteiger partial charge is 0.611 e.